The van der Waals surface area contributed by atoms with Gasteiger partial charge < -0.3 is 9.67 Å². The second-order valence-electron chi connectivity index (χ2n) is 6.33. The van der Waals surface area contributed by atoms with Gasteiger partial charge in [-0.3, -0.25) is 14.9 Å². The van der Waals surface area contributed by atoms with E-state index >= 15 is 0 Å². The van der Waals surface area contributed by atoms with E-state index in [1.165, 1.54) is 12.3 Å². The van der Waals surface area contributed by atoms with Crippen LogP contribution in [0.2, 0.25) is 0 Å². The van der Waals surface area contributed by atoms with Crippen molar-refractivity contribution in [1.82, 2.24) is 9.99 Å². The number of carbonyl (C=O) groups excluding carboxylic acids is 1. The van der Waals surface area contributed by atoms with Gasteiger partial charge in [0.1, 0.15) is 0 Å². The number of phenols is 1. The Morgan fingerprint density at radius 3 is 2.38 bits per heavy atom. The SMILES string of the molecule is Cc1ccc(C)n1-c1ccc(C(=O)N/N=C/c2cc(Br)c(O)c([N+](=O)[O-])c2)cc1. The molecule has 1 amide bonds. The maximum atomic E-state index is 12.3. The van der Waals surface area contributed by atoms with Gasteiger partial charge in [-0.15, -0.1) is 0 Å². The minimum Gasteiger partial charge on any atom is -0.501 e. The number of aryl methyl sites for hydroxylation is 2. The van der Waals surface area contributed by atoms with Gasteiger partial charge >= 0.3 is 5.69 Å². The number of benzene rings is 2. The molecule has 2 aromatic carbocycles. The second-order valence-corrected chi connectivity index (χ2v) is 7.18. The van der Waals surface area contributed by atoms with Crippen molar-refractivity contribution in [2.75, 3.05) is 0 Å². The Hall–Kier alpha value is -3.46. The van der Waals surface area contributed by atoms with Crippen LogP contribution in [0.15, 0.2) is 58.1 Å². The molecule has 1 heterocycles. The maximum absolute atomic E-state index is 12.3. The highest BCUT2D eigenvalue weighted by atomic mass is 79.9. The topological polar surface area (TPSA) is 110 Å². The van der Waals surface area contributed by atoms with Gasteiger partial charge in [0.15, 0.2) is 0 Å². The molecule has 1 aromatic heterocycles. The summed E-state index contributed by atoms with van der Waals surface area (Å²) in [5.74, 6) is -0.884. The molecule has 29 heavy (non-hydrogen) atoms. The van der Waals surface area contributed by atoms with Gasteiger partial charge in [0.05, 0.1) is 15.6 Å². The van der Waals surface area contributed by atoms with Crippen LogP contribution in [0.1, 0.15) is 27.3 Å². The number of hydrogen-bond donors (Lipinski definition) is 2. The molecule has 0 spiro atoms. The molecule has 0 aliphatic heterocycles. The number of rotatable bonds is 5. The minimum absolute atomic E-state index is 0.158. The van der Waals surface area contributed by atoms with Crippen LogP contribution in [-0.4, -0.2) is 26.7 Å². The van der Waals surface area contributed by atoms with Crippen molar-refractivity contribution in [1.29, 1.82) is 0 Å². The third kappa shape index (κ3) is 4.35. The summed E-state index contributed by atoms with van der Waals surface area (Å²) in [5, 5.41) is 24.5. The normalized spacial score (nSPS) is 11.0. The molecule has 0 aliphatic rings. The Bertz CT molecular complexity index is 1100. The van der Waals surface area contributed by atoms with Crippen molar-refractivity contribution in [3.8, 4) is 11.4 Å². The molecule has 148 valence electrons. The van der Waals surface area contributed by atoms with Crippen molar-refractivity contribution in [3.05, 3.63) is 85.6 Å². The molecule has 0 radical (unpaired) electrons. The van der Waals surface area contributed by atoms with Gasteiger partial charge in [0.2, 0.25) is 5.75 Å². The summed E-state index contributed by atoms with van der Waals surface area (Å²) in [4.78, 5) is 22.5. The van der Waals surface area contributed by atoms with Gasteiger partial charge in [-0.1, -0.05) is 0 Å². The molecule has 0 aliphatic carbocycles. The molecule has 0 saturated carbocycles. The monoisotopic (exact) mass is 456 g/mol. The van der Waals surface area contributed by atoms with Gasteiger partial charge in [0.25, 0.3) is 5.91 Å². The van der Waals surface area contributed by atoms with E-state index in [4.69, 9.17) is 0 Å². The standard InChI is InChI=1S/C20H17BrN4O4/c1-12-3-4-13(2)24(12)16-7-5-15(6-8-16)20(27)23-22-11-14-9-17(21)19(26)18(10-14)25(28)29/h3-11,26H,1-2H3,(H,23,27)/b22-11+. The summed E-state index contributed by atoms with van der Waals surface area (Å²) < 4.78 is 2.24. The summed E-state index contributed by atoms with van der Waals surface area (Å²) >= 11 is 3.05. The molecule has 9 heteroatoms. The molecule has 2 N–H and O–H groups in total. The molecule has 0 atom stereocenters. The minimum atomic E-state index is -0.703. The van der Waals surface area contributed by atoms with E-state index in [9.17, 15) is 20.0 Å². The number of nitro benzene ring substituents is 1. The van der Waals surface area contributed by atoms with E-state index in [1.807, 2.05) is 38.1 Å². The Morgan fingerprint density at radius 2 is 1.79 bits per heavy atom. The lowest BCUT2D eigenvalue weighted by molar-refractivity contribution is -0.386. The Balaban J connectivity index is 1.72. The fourth-order valence-electron chi connectivity index (χ4n) is 2.89. The van der Waals surface area contributed by atoms with E-state index < -0.39 is 22.3 Å². The van der Waals surface area contributed by atoms with Crippen molar-refractivity contribution in [2.24, 2.45) is 5.10 Å². The summed E-state index contributed by atoms with van der Waals surface area (Å²) in [7, 11) is 0. The largest absolute Gasteiger partial charge is 0.501 e. The fraction of sp³-hybridized carbons (Fsp3) is 0.100. The molecule has 8 nitrogen and oxygen atoms in total. The first-order chi connectivity index (χ1) is 13.8. The highest BCUT2D eigenvalue weighted by molar-refractivity contribution is 9.10. The van der Waals surface area contributed by atoms with E-state index in [0.29, 0.717) is 11.1 Å². The lowest BCUT2D eigenvalue weighted by Gasteiger charge is -2.10. The number of halogens is 1. The molecule has 0 bridgehead atoms. The smallest absolute Gasteiger partial charge is 0.312 e. The highest BCUT2D eigenvalue weighted by Gasteiger charge is 2.17. The Kier molecular flexibility index (Phi) is 5.79. The number of hydrogen-bond acceptors (Lipinski definition) is 5. The van der Waals surface area contributed by atoms with Gasteiger partial charge in [-0.05, 0) is 72.2 Å². The third-order valence-electron chi connectivity index (χ3n) is 4.30. The van der Waals surface area contributed by atoms with Crippen LogP contribution in [0.4, 0.5) is 5.69 Å². The van der Waals surface area contributed by atoms with Gasteiger partial charge in [0, 0.05) is 34.3 Å². The summed E-state index contributed by atoms with van der Waals surface area (Å²) in [6.07, 6.45) is 1.26. The van der Waals surface area contributed by atoms with E-state index in [-0.39, 0.29) is 4.47 Å². The first-order valence-electron chi connectivity index (χ1n) is 8.53. The Morgan fingerprint density at radius 1 is 1.17 bits per heavy atom. The van der Waals surface area contributed by atoms with Crippen LogP contribution in [0, 0.1) is 24.0 Å². The summed E-state index contributed by atoms with van der Waals surface area (Å²) in [6, 6.07) is 13.7. The molecular formula is C20H17BrN4O4. The van der Waals surface area contributed by atoms with Crippen molar-refractivity contribution in [2.45, 2.75) is 13.8 Å². The van der Waals surface area contributed by atoms with Crippen molar-refractivity contribution < 1.29 is 14.8 Å². The number of carbonyl (C=O) groups is 1. The highest BCUT2D eigenvalue weighted by Crippen LogP contribution is 2.34. The van der Waals surface area contributed by atoms with E-state index in [0.717, 1.165) is 23.1 Å². The zero-order valence-electron chi connectivity index (χ0n) is 15.6. The van der Waals surface area contributed by atoms with Crippen LogP contribution >= 0.6 is 15.9 Å². The summed E-state index contributed by atoms with van der Waals surface area (Å²) in [5.41, 5.74) is 5.83. The lowest BCUT2D eigenvalue weighted by atomic mass is 10.2. The number of nitrogens with one attached hydrogen (secondary N) is 1. The molecule has 0 saturated heterocycles. The quantitative estimate of drug-likeness (QED) is 0.339. The molecule has 3 rings (SSSR count). The van der Waals surface area contributed by atoms with Crippen LogP contribution in [-0.2, 0) is 0 Å². The second kappa shape index (κ2) is 8.27. The molecule has 0 unspecified atom stereocenters. The van der Waals surface area contributed by atoms with Crippen LogP contribution < -0.4 is 5.43 Å². The predicted molar refractivity (Wildman–Crippen MR) is 113 cm³/mol. The third-order valence-corrected chi connectivity index (χ3v) is 4.91. The fourth-order valence-corrected chi connectivity index (χ4v) is 3.35. The molecule has 0 fully saturated rings. The number of amides is 1. The number of hydrazone groups is 1. The average molecular weight is 457 g/mol. The van der Waals surface area contributed by atoms with Crippen molar-refractivity contribution >= 4 is 33.7 Å². The van der Waals surface area contributed by atoms with Crippen LogP contribution in [0.5, 0.6) is 5.75 Å². The number of phenolic OH excluding ortho intramolecular Hbond substituents is 1. The first kappa shape index (κ1) is 20.3. The zero-order valence-corrected chi connectivity index (χ0v) is 17.2. The van der Waals surface area contributed by atoms with Gasteiger partial charge in [-0.2, -0.15) is 5.10 Å². The maximum Gasteiger partial charge on any atom is 0.312 e. The number of nitro groups is 1. The van der Waals surface area contributed by atoms with Crippen molar-refractivity contribution in [3.63, 3.8) is 0 Å². The molecule has 3 aromatic rings. The number of aromatic hydroxyl groups is 1. The molecular weight excluding hydrogens is 440 g/mol. The average Bonchev–Trinajstić information content (AvgIpc) is 3.02. The first-order valence-corrected chi connectivity index (χ1v) is 9.33. The van der Waals surface area contributed by atoms with E-state index in [1.54, 1.807) is 12.1 Å². The van der Waals surface area contributed by atoms with Crippen LogP contribution in [0.3, 0.4) is 0 Å². The zero-order chi connectivity index (χ0) is 21.1. The van der Waals surface area contributed by atoms with E-state index in [2.05, 4.69) is 31.0 Å². The summed E-state index contributed by atoms with van der Waals surface area (Å²) in [6.45, 7) is 4.02. The van der Waals surface area contributed by atoms with Crippen LogP contribution in [0.25, 0.3) is 5.69 Å². The number of aromatic nitrogens is 1. The lowest BCUT2D eigenvalue weighted by Crippen LogP contribution is -2.17. The Labute approximate surface area is 174 Å². The van der Waals surface area contributed by atoms with Gasteiger partial charge in [-0.25, -0.2) is 5.43 Å². The number of nitrogens with zero attached hydrogens (tertiary/aromatic N) is 3. The predicted octanol–water partition coefficient (Wildman–Crippen LogP) is 4.23.